The molecule has 0 unspecified atom stereocenters. The number of rotatable bonds is 5. The van der Waals surface area contributed by atoms with Gasteiger partial charge in [-0.05, 0) is 17.9 Å². The van der Waals surface area contributed by atoms with Crippen molar-refractivity contribution in [1.82, 2.24) is 14.9 Å². The van der Waals surface area contributed by atoms with Crippen LogP contribution in [0.2, 0.25) is 0 Å². The Bertz CT molecular complexity index is 639. The molecule has 0 saturated heterocycles. The third-order valence-electron chi connectivity index (χ3n) is 2.75. The summed E-state index contributed by atoms with van der Waals surface area (Å²) >= 11 is 3.98. The predicted octanol–water partition coefficient (Wildman–Crippen LogP) is 0.833. The zero-order valence-electron chi connectivity index (χ0n) is 10.4. The van der Waals surface area contributed by atoms with Gasteiger partial charge in [0.05, 0.1) is 17.2 Å². The van der Waals surface area contributed by atoms with E-state index in [-0.39, 0.29) is 11.5 Å². The van der Waals surface area contributed by atoms with Crippen LogP contribution >= 0.6 is 12.6 Å². The van der Waals surface area contributed by atoms with Gasteiger partial charge < -0.3 is 5.32 Å². The molecule has 1 amide bonds. The highest BCUT2D eigenvalue weighted by atomic mass is 32.1. The number of amides is 1. The Morgan fingerprint density at radius 1 is 1.37 bits per heavy atom. The van der Waals surface area contributed by atoms with Crippen LogP contribution in [0.25, 0.3) is 10.9 Å². The van der Waals surface area contributed by atoms with Gasteiger partial charge >= 0.3 is 0 Å². The lowest BCUT2D eigenvalue weighted by molar-refractivity contribution is -0.120. The topological polar surface area (TPSA) is 64.0 Å². The number of nitrogens with one attached hydrogen (secondary N) is 1. The molecule has 0 spiro atoms. The van der Waals surface area contributed by atoms with E-state index < -0.39 is 0 Å². The summed E-state index contributed by atoms with van der Waals surface area (Å²) in [6.45, 7) is 0.821. The Hall–Kier alpha value is -1.82. The SMILES string of the molecule is O=C(CCS)NCCn1cnc2ccccc2c1=O. The van der Waals surface area contributed by atoms with Gasteiger partial charge in [0.15, 0.2) is 0 Å². The molecular formula is C13H15N3O2S. The molecule has 0 fully saturated rings. The molecule has 0 radical (unpaired) electrons. The van der Waals surface area contributed by atoms with Crippen molar-refractivity contribution in [3.63, 3.8) is 0 Å². The zero-order valence-corrected chi connectivity index (χ0v) is 11.3. The van der Waals surface area contributed by atoms with Crippen LogP contribution in [-0.4, -0.2) is 27.8 Å². The highest BCUT2D eigenvalue weighted by Crippen LogP contribution is 2.04. The Morgan fingerprint density at radius 2 is 2.16 bits per heavy atom. The van der Waals surface area contributed by atoms with E-state index in [1.165, 1.54) is 10.9 Å². The normalized spacial score (nSPS) is 10.6. The molecular weight excluding hydrogens is 262 g/mol. The van der Waals surface area contributed by atoms with Gasteiger partial charge in [0.1, 0.15) is 0 Å². The third kappa shape index (κ3) is 3.35. The standard InChI is InChI=1S/C13H15N3O2S/c17-12(5-8-19)14-6-7-16-9-15-11-4-2-1-3-10(11)13(16)18/h1-4,9,19H,5-8H2,(H,14,17). The Balaban J connectivity index is 2.07. The van der Waals surface area contributed by atoms with Crippen molar-refractivity contribution in [3.8, 4) is 0 Å². The number of carbonyl (C=O) groups excluding carboxylic acids is 1. The molecule has 0 bridgehead atoms. The summed E-state index contributed by atoms with van der Waals surface area (Å²) in [4.78, 5) is 27.6. The van der Waals surface area contributed by atoms with Gasteiger partial charge in [0, 0.05) is 19.5 Å². The molecule has 0 aliphatic heterocycles. The van der Waals surface area contributed by atoms with E-state index in [0.717, 1.165) is 0 Å². The Morgan fingerprint density at radius 3 is 2.95 bits per heavy atom. The number of hydrogen-bond donors (Lipinski definition) is 2. The molecule has 2 rings (SSSR count). The summed E-state index contributed by atoms with van der Waals surface area (Å²) in [6, 6.07) is 7.21. The first-order chi connectivity index (χ1) is 9.22. The number of benzene rings is 1. The molecule has 6 heteroatoms. The van der Waals surface area contributed by atoms with E-state index in [4.69, 9.17) is 0 Å². The van der Waals surface area contributed by atoms with Crippen LogP contribution < -0.4 is 10.9 Å². The number of para-hydroxylation sites is 1. The molecule has 5 nitrogen and oxygen atoms in total. The van der Waals surface area contributed by atoms with E-state index in [2.05, 4.69) is 22.9 Å². The van der Waals surface area contributed by atoms with E-state index in [1.807, 2.05) is 12.1 Å². The van der Waals surface area contributed by atoms with Crippen LogP contribution in [0.1, 0.15) is 6.42 Å². The maximum Gasteiger partial charge on any atom is 0.261 e. The van der Waals surface area contributed by atoms with E-state index >= 15 is 0 Å². The lowest BCUT2D eigenvalue weighted by atomic mass is 10.2. The Labute approximate surface area is 116 Å². The minimum atomic E-state index is -0.0888. The van der Waals surface area contributed by atoms with Crippen LogP contribution in [0.3, 0.4) is 0 Å². The molecule has 0 aliphatic rings. The molecule has 0 atom stereocenters. The fourth-order valence-corrected chi connectivity index (χ4v) is 1.97. The molecule has 2 aromatic rings. The van der Waals surface area contributed by atoms with Crippen LogP contribution in [0, 0.1) is 0 Å². The van der Waals surface area contributed by atoms with Crippen molar-refractivity contribution in [2.45, 2.75) is 13.0 Å². The predicted molar refractivity (Wildman–Crippen MR) is 77.5 cm³/mol. The molecule has 1 N–H and O–H groups in total. The molecule has 100 valence electrons. The van der Waals surface area contributed by atoms with Gasteiger partial charge in [0.2, 0.25) is 5.91 Å². The molecule has 0 saturated carbocycles. The summed E-state index contributed by atoms with van der Waals surface area (Å²) in [5.74, 6) is 0.459. The van der Waals surface area contributed by atoms with Crippen molar-refractivity contribution in [1.29, 1.82) is 0 Å². The van der Waals surface area contributed by atoms with Crippen molar-refractivity contribution in [3.05, 3.63) is 40.9 Å². The smallest absolute Gasteiger partial charge is 0.261 e. The number of hydrogen-bond acceptors (Lipinski definition) is 4. The minimum absolute atomic E-state index is 0.0585. The second-order valence-corrected chi connectivity index (χ2v) is 4.53. The van der Waals surface area contributed by atoms with Crippen LogP contribution in [0.4, 0.5) is 0 Å². The van der Waals surface area contributed by atoms with Crippen LogP contribution in [0.15, 0.2) is 35.4 Å². The third-order valence-corrected chi connectivity index (χ3v) is 2.97. The summed E-state index contributed by atoms with van der Waals surface area (Å²) in [7, 11) is 0. The van der Waals surface area contributed by atoms with Gasteiger partial charge in [0.25, 0.3) is 5.56 Å². The van der Waals surface area contributed by atoms with E-state index in [0.29, 0.717) is 36.2 Å². The number of aromatic nitrogens is 2. The van der Waals surface area contributed by atoms with E-state index in [9.17, 15) is 9.59 Å². The van der Waals surface area contributed by atoms with Crippen LogP contribution in [0.5, 0.6) is 0 Å². The summed E-state index contributed by atoms with van der Waals surface area (Å²) in [5, 5.41) is 3.32. The zero-order chi connectivity index (χ0) is 13.7. The molecule has 0 aliphatic carbocycles. The number of fused-ring (bicyclic) bond motifs is 1. The quantitative estimate of drug-likeness (QED) is 0.796. The Kier molecular flexibility index (Phi) is 4.57. The highest BCUT2D eigenvalue weighted by molar-refractivity contribution is 7.80. The van der Waals surface area contributed by atoms with Crippen molar-refractivity contribution in [2.75, 3.05) is 12.3 Å². The van der Waals surface area contributed by atoms with Crippen molar-refractivity contribution < 1.29 is 4.79 Å². The lowest BCUT2D eigenvalue weighted by Gasteiger charge is -2.07. The molecule has 19 heavy (non-hydrogen) atoms. The molecule has 1 aromatic heterocycles. The average Bonchev–Trinajstić information content (AvgIpc) is 2.42. The van der Waals surface area contributed by atoms with E-state index in [1.54, 1.807) is 12.1 Å². The fraction of sp³-hybridized carbons (Fsp3) is 0.308. The van der Waals surface area contributed by atoms with Gasteiger partial charge in [-0.1, -0.05) is 12.1 Å². The molecule has 1 heterocycles. The summed E-state index contributed by atoms with van der Waals surface area (Å²) in [6.07, 6.45) is 1.89. The first kappa shape index (κ1) is 13.6. The second kappa shape index (κ2) is 6.38. The minimum Gasteiger partial charge on any atom is -0.354 e. The van der Waals surface area contributed by atoms with Gasteiger partial charge in [-0.15, -0.1) is 0 Å². The fourth-order valence-electron chi connectivity index (χ4n) is 1.77. The average molecular weight is 277 g/mol. The van der Waals surface area contributed by atoms with Gasteiger partial charge in [-0.2, -0.15) is 12.6 Å². The van der Waals surface area contributed by atoms with Gasteiger partial charge in [-0.25, -0.2) is 4.98 Å². The number of nitrogens with zero attached hydrogens (tertiary/aromatic N) is 2. The maximum atomic E-state index is 12.1. The first-order valence-electron chi connectivity index (χ1n) is 6.04. The second-order valence-electron chi connectivity index (χ2n) is 4.08. The van der Waals surface area contributed by atoms with Crippen molar-refractivity contribution in [2.24, 2.45) is 0 Å². The maximum absolute atomic E-state index is 12.1. The molecule has 1 aromatic carbocycles. The largest absolute Gasteiger partial charge is 0.354 e. The monoisotopic (exact) mass is 277 g/mol. The first-order valence-corrected chi connectivity index (χ1v) is 6.67. The number of carbonyl (C=O) groups is 1. The highest BCUT2D eigenvalue weighted by Gasteiger charge is 2.03. The summed E-state index contributed by atoms with van der Waals surface area (Å²) in [5.41, 5.74) is 0.594. The summed E-state index contributed by atoms with van der Waals surface area (Å²) < 4.78 is 1.50. The van der Waals surface area contributed by atoms with Crippen LogP contribution in [-0.2, 0) is 11.3 Å². The number of thiol groups is 1. The lowest BCUT2D eigenvalue weighted by Crippen LogP contribution is -2.31. The van der Waals surface area contributed by atoms with Crippen molar-refractivity contribution >= 4 is 29.4 Å². The van der Waals surface area contributed by atoms with Gasteiger partial charge in [-0.3, -0.25) is 14.2 Å².